The van der Waals surface area contributed by atoms with Crippen molar-refractivity contribution in [3.05, 3.63) is 34.9 Å². The lowest BCUT2D eigenvalue weighted by molar-refractivity contribution is 0.0471. The number of rotatable bonds is 6. The van der Waals surface area contributed by atoms with E-state index in [0.29, 0.717) is 12.1 Å². The van der Waals surface area contributed by atoms with Gasteiger partial charge in [0.2, 0.25) is 0 Å². The average Bonchev–Trinajstić information content (AvgIpc) is 2.48. The van der Waals surface area contributed by atoms with E-state index in [2.05, 4.69) is 44.3 Å². The predicted octanol–water partition coefficient (Wildman–Crippen LogP) is 3.35. The van der Waals surface area contributed by atoms with Gasteiger partial charge in [-0.2, -0.15) is 11.8 Å². The highest BCUT2D eigenvalue weighted by Crippen LogP contribution is 2.20. The summed E-state index contributed by atoms with van der Waals surface area (Å²) in [5, 5.41) is 3.70. The molecule has 0 spiro atoms. The largest absolute Gasteiger partial charge is 0.375 e. The molecule has 20 heavy (non-hydrogen) atoms. The summed E-state index contributed by atoms with van der Waals surface area (Å²) in [4.78, 5) is 0. The van der Waals surface area contributed by atoms with Gasteiger partial charge in [0.25, 0.3) is 0 Å². The van der Waals surface area contributed by atoms with Gasteiger partial charge in [-0.05, 0) is 44.4 Å². The molecule has 3 heteroatoms. The third kappa shape index (κ3) is 4.51. The van der Waals surface area contributed by atoms with Gasteiger partial charge in [0.1, 0.15) is 0 Å². The molecule has 0 saturated carbocycles. The number of ether oxygens (including phenoxy) is 1. The van der Waals surface area contributed by atoms with Gasteiger partial charge in [-0.1, -0.05) is 30.7 Å². The molecule has 2 nitrogen and oxygen atoms in total. The van der Waals surface area contributed by atoms with Crippen LogP contribution in [0, 0.1) is 13.8 Å². The maximum absolute atomic E-state index is 6.00. The zero-order valence-corrected chi connectivity index (χ0v) is 13.8. The van der Waals surface area contributed by atoms with Gasteiger partial charge in [-0.3, -0.25) is 0 Å². The molecule has 2 unspecified atom stereocenters. The molecule has 2 rings (SSSR count). The van der Waals surface area contributed by atoms with Crippen LogP contribution in [-0.2, 0) is 11.2 Å². The van der Waals surface area contributed by atoms with Crippen molar-refractivity contribution < 1.29 is 4.74 Å². The van der Waals surface area contributed by atoms with Gasteiger partial charge in [-0.25, -0.2) is 0 Å². The topological polar surface area (TPSA) is 21.3 Å². The van der Waals surface area contributed by atoms with E-state index in [4.69, 9.17) is 4.74 Å². The first-order chi connectivity index (χ1) is 9.70. The molecular weight excluding hydrogens is 266 g/mol. The van der Waals surface area contributed by atoms with Crippen molar-refractivity contribution in [2.24, 2.45) is 0 Å². The zero-order chi connectivity index (χ0) is 14.4. The van der Waals surface area contributed by atoms with Crippen LogP contribution in [0.15, 0.2) is 18.2 Å². The normalized spacial score (nSPS) is 20.9. The van der Waals surface area contributed by atoms with Crippen LogP contribution in [0.4, 0.5) is 0 Å². The smallest absolute Gasteiger partial charge is 0.0821 e. The summed E-state index contributed by atoms with van der Waals surface area (Å²) in [5.74, 6) is 2.26. The van der Waals surface area contributed by atoms with Crippen molar-refractivity contribution in [1.29, 1.82) is 0 Å². The summed E-state index contributed by atoms with van der Waals surface area (Å²) in [6, 6.07) is 7.19. The Hall–Kier alpha value is -0.510. The Kier molecular flexibility index (Phi) is 6.40. The van der Waals surface area contributed by atoms with Crippen molar-refractivity contribution in [2.75, 3.05) is 24.7 Å². The second-order valence-electron chi connectivity index (χ2n) is 5.68. The van der Waals surface area contributed by atoms with Crippen LogP contribution in [0.2, 0.25) is 0 Å². The van der Waals surface area contributed by atoms with Crippen LogP contribution in [0.25, 0.3) is 0 Å². The van der Waals surface area contributed by atoms with Crippen molar-refractivity contribution in [1.82, 2.24) is 5.32 Å². The Labute approximate surface area is 127 Å². The molecule has 2 atom stereocenters. The Morgan fingerprint density at radius 1 is 1.40 bits per heavy atom. The highest BCUT2D eigenvalue weighted by molar-refractivity contribution is 7.99. The first-order valence-electron chi connectivity index (χ1n) is 7.69. The molecule has 1 aromatic rings. The van der Waals surface area contributed by atoms with Crippen molar-refractivity contribution in [3.63, 3.8) is 0 Å². The summed E-state index contributed by atoms with van der Waals surface area (Å²) < 4.78 is 6.00. The summed E-state index contributed by atoms with van der Waals surface area (Å²) in [5.41, 5.74) is 4.19. The third-order valence-corrected chi connectivity index (χ3v) is 4.91. The first-order valence-corrected chi connectivity index (χ1v) is 8.85. The van der Waals surface area contributed by atoms with Crippen LogP contribution < -0.4 is 5.32 Å². The molecule has 0 aromatic heterocycles. The number of hydrogen-bond acceptors (Lipinski definition) is 3. The Bertz CT molecular complexity index is 415. The maximum atomic E-state index is 6.00. The van der Waals surface area contributed by atoms with E-state index in [1.165, 1.54) is 23.1 Å². The quantitative estimate of drug-likeness (QED) is 0.869. The highest BCUT2D eigenvalue weighted by atomic mass is 32.2. The maximum Gasteiger partial charge on any atom is 0.0821 e. The summed E-state index contributed by atoms with van der Waals surface area (Å²) >= 11 is 2.02. The van der Waals surface area contributed by atoms with E-state index in [1.54, 1.807) is 0 Å². The molecule has 0 amide bonds. The predicted molar refractivity (Wildman–Crippen MR) is 88.8 cm³/mol. The molecule has 1 aliphatic heterocycles. The summed E-state index contributed by atoms with van der Waals surface area (Å²) in [7, 11) is 0. The molecule has 1 fully saturated rings. The number of hydrogen-bond donors (Lipinski definition) is 1. The molecule has 1 heterocycles. The molecule has 112 valence electrons. The van der Waals surface area contributed by atoms with Crippen LogP contribution in [0.5, 0.6) is 0 Å². The van der Waals surface area contributed by atoms with Crippen LogP contribution in [0.3, 0.4) is 0 Å². The SMILES string of the molecule is CCCNC(Cc1cc(C)ccc1C)C1CSCCO1. The number of nitrogens with one attached hydrogen (secondary N) is 1. The van der Waals surface area contributed by atoms with Gasteiger partial charge in [0.15, 0.2) is 0 Å². The Balaban J connectivity index is 2.07. The van der Waals surface area contributed by atoms with Crippen molar-refractivity contribution in [2.45, 2.75) is 45.8 Å². The number of aryl methyl sites for hydroxylation is 2. The van der Waals surface area contributed by atoms with Crippen LogP contribution in [0.1, 0.15) is 30.0 Å². The van der Waals surface area contributed by atoms with E-state index in [1.807, 2.05) is 11.8 Å². The zero-order valence-electron chi connectivity index (χ0n) is 12.9. The van der Waals surface area contributed by atoms with Gasteiger partial charge >= 0.3 is 0 Å². The Morgan fingerprint density at radius 2 is 2.25 bits per heavy atom. The number of thioether (sulfide) groups is 1. The van der Waals surface area contributed by atoms with Gasteiger partial charge < -0.3 is 10.1 Å². The fourth-order valence-electron chi connectivity index (χ4n) is 2.66. The molecule has 0 radical (unpaired) electrons. The van der Waals surface area contributed by atoms with E-state index in [9.17, 15) is 0 Å². The monoisotopic (exact) mass is 293 g/mol. The van der Waals surface area contributed by atoms with Gasteiger partial charge in [0, 0.05) is 17.5 Å². The fraction of sp³-hybridized carbons (Fsp3) is 0.647. The highest BCUT2D eigenvalue weighted by Gasteiger charge is 2.25. The molecule has 1 N–H and O–H groups in total. The summed E-state index contributed by atoms with van der Waals surface area (Å²) in [6.07, 6.45) is 2.59. The second-order valence-corrected chi connectivity index (χ2v) is 6.83. The fourth-order valence-corrected chi connectivity index (χ4v) is 3.60. The van der Waals surface area contributed by atoms with Gasteiger partial charge in [-0.15, -0.1) is 0 Å². The van der Waals surface area contributed by atoms with E-state index in [0.717, 1.165) is 31.1 Å². The van der Waals surface area contributed by atoms with Crippen LogP contribution >= 0.6 is 11.8 Å². The second kappa shape index (κ2) is 8.06. The minimum atomic E-state index is 0.347. The lowest BCUT2D eigenvalue weighted by Crippen LogP contribution is -2.46. The van der Waals surface area contributed by atoms with Crippen LogP contribution in [-0.4, -0.2) is 36.8 Å². The standard InChI is InChI=1S/C17H27NOS/c1-4-7-18-16(17-12-20-9-8-19-17)11-15-10-13(2)5-6-14(15)3/h5-6,10,16-18H,4,7-9,11-12H2,1-3H3. The van der Waals surface area contributed by atoms with Crippen molar-refractivity contribution in [3.8, 4) is 0 Å². The third-order valence-electron chi connectivity index (χ3n) is 3.89. The van der Waals surface area contributed by atoms with E-state index < -0.39 is 0 Å². The molecule has 1 aromatic carbocycles. The summed E-state index contributed by atoms with van der Waals surface area (Å²) in [6.45, 7) is 8.57. The minimum Gasteiger partial charge on any atom is -0.375 e. The molecule has 0 bridgehead atoms. The molecule has 0 aliphatic carbocycles. The number of benzene rings is 1. The lowest BCUT2D eigenvalue weighted by Gasteiger charge is -2.31. The van der Waals surface area contributed by atoms with E-state index >= 15 is 0 Å². The van der Waals surface area contributed by atoms with Crippen molar-refractivity contribution >= 4 is 11.8 Å². The average molecular weight is 293 g/mol. The Morgan fingerprint density at radius 3 is 2.95 bits per heavy atom. The first kappa shape index (κ1) is 15.9. The van der Waals surface area contributed by atoms with E-state index in [-0.39, 0.29) is 0 Å². The lowest BCUT2D eigenvalue weighted by atomic mass is 9.96. The minimum absolute atomic E-state index is 0.347. The molecular formula is C17H27NOS. The molecule has 1 aliphatic rings. The van der Waals surface area contributed by atoms with Gasteiger partial charge in [0.05, 0.1) is 12.7 Å². The molecule has 1 saturated heterocycles.